The minimum atomic E-state index is -2.48. The zero-order valence-corrected chi connectivity index (χ0v) is 9.90. The monoisotopic (exact) mass is 233 g/mol. The second-order valence-corrected chi connectivity index (χ2v) is 5.09. The van der Waals surface area contributed by atoms with E-state index in [4.69, 9.17) is 4.74 Å². The van der Waals surface area contributed by atoms with Crippen LogP contribution in [0, 0.1) is 0 Å². The van der Waals surface area contributed by atoms with E-state index in [1.165, 1.54) is 0 Å². The molecule has 2 fully saturated rings. The summed E-state index contributed by atoms with van der Waals surface area (Å²) in [4.78, 5) is 0. The zero-order valence-electron chi connectivity index (χ0n) is 9.90. The van der Waals surface area contributed by atoms with Crippen LogP contribution in [0.4, 0.5) is 8.78 Å². The molecule has 1 spiro atoms. The topological polar surface area (TPSA) is 21.3 Å². The standard InChI is InChI=1S/C12H21F2NO/c1-2-3-10-4-9-15-12(16-10)7-5-11(13,14)6-8-12/h10,15H,2-9H2,1H3. The molecule has 0 aromatic heterocycles. The molecule has 0 aromatic carbocycles. The molecule has 0 aromatic rings. The van der Waals surface area contributed by atoms with Crippen molar-refractivity contribution in [3.05, 3.63) is 0 Å². The maximum Gasteiger partial charge on any atom is 0.248 e. The Labute approximate surface area is 95.7 Å². The minimum Gasteiger partial charge on any atom is -0.357 e. The van der Waals surface area contributed by atoms with Gasteiger partial charge in [0.05, 0.1) is 6.10 Å². The van der Waals surface area contributed by atoms with Gasteiger partial charge in [-0.2, -0.15) is 0 Å². The number of ether oxygens (including phenoxy) is 1. The molecule has 2 nitrogen and oxygen atoms in total. The van der Waals surface area contributed by atoms with Crippen LogP contribution in [0.2, 0.25) is 0 Å². The Morgan fingerprint density at radius 3 is 2.56 bits per heavy atom. The summed E-state index contributed by atoms with van der Waals surface area (Å²) in [6.45, 7) is 3.03. The number of hydrogen-bond acceptors (Lipinski definition) is 2. The van der Waals surface area contributed by atoms with Gasteiger partial charge in [-0.1, -0.05) is 13.3 Å². The van der Waals surface area contributed by atoms with Gasteiger partial charge >= 0.3 is 0 Å². The van der Waals surface area contributed by atoms with E-state index in [2.05, 4.69) is 12.2 Å². The van der Waals surface area contributed by atoms with Crippen LogP contribution < -0.4 is 5.32 Å². The van der Waals surface area contributed by atoms with Crippen molar-refractivity contribution >= 4 is 0 Å². The van der Waals surface area contributed by atoms with Gasteiger partial charge in [-0.3, -0.25) is 5.32 Å². The van der Waals surface area contributed by atoms with Gasteiger partial charge in [0.15, 0.2) is 0 Å². The molecule has 2 aliphatic rings. The fraction of sp³-hybridized carbons (Fsp3) is 1.00. The molecule has 0 radical (unpaired) electrons. The molecular formula is C12H21F2NO. The molecule has 1 saturated carbocycles. The van der Waals surface area contributed by atoms with Crippen LogP contribution >= 0.6 is 0 Å². The average Bonchev–Trinajstić information content (AvgIpc) is 2.25. The predicted molar refractivity (Wildman–Crippen MR) is 58.5 cm³/mol. The Hall–Kier alpha value is -0.220. The number of rotatable bonds is 2. The predicted octanol–water partition coefficient (Wildman–Crippen LogP) is 3.07. The zero-order chi connectivity index (χ0) is 11.6. The summed E-state index contributed by atoms with van der Waals surface area (Å²) in [5.41, 5.74) is -0.445. The van der Waals surface area contributed by atoms with E-state index in [0.717, 1.165) is 25.8 Å². The van der Waals surface area contributed by atoms with Crippen LogP contribution in [0.15, 0.2) is 0 Å². The van der Waals surface area contributed by atoms with Crippen LogP contribution in [0.25, 0.3) is 0 Å². The van der Waals surface area contributed by atoms with Crippen LogP contribution in [0.1, 0.15) is 51.9 Å². The van der Waals surface area contributed by atoms with Crippen LogP contribution in [0.5, 0.6) is 0 Å². The van der Waals surface area contributed by atoms with Crippen molar-refractivity contribution in [2.45, 2.75) is 69.6 Å². The SMILES string of the molecule is CCCC1CCNC2(CCC(F)(F)CC2)O1. The lowest BCUT2D eigenvalue weighted by Gasteiger charge is -2.46. The maximum atomic E-state index is 13.1. The smallest absolute Gasteiger partial charge is 0.248 e. The fourth-order valence-corrected chi connectivity index (χ4v) is 2.72. The molecular weight excluding hydrogens is 212 g/mol. The minimum absolute atomic E-state index is 0.0428. The molecule has 1 heterocycles. The Bertz CT molecular complexity index is 233. The highest BCUT2D eigenvalue weighted by Crippen LogP contribution is 2.41. The summed E-state index contributed by atoms with van der Waals surface area (Å²) in [5, 5.41) is 3.31. The second-order valence-electron chi connectivity index (χ2n) is 5.09. The molecule has 1 unspecified atom stereocenters. The number of alkyl halides is 2. The van der Waals surface area contributed by atoms with Gasteiger partial charge in [-0.15, -0.1) is 0 Å². The molecule has 1 atom stereocenters. The van der Waals surface area contributed by atoms with Crippen LogP contribution in [0.3, 0.4) is 0 Å². The third kappa shape index (κ3) is 2.72. The number of halogens is 2. The Morgan fingerprint density at radius 1 is 1.25 bits per heavy atom. The Kier molecular flexibility index (Phi) is 3.50. The van der Waals surface area contributed by atoms with Gasteiger partial charge in [0.1, 0.15) is 5.72 Å². The molecule has 2 rings (SSSR count). The molecule has 4 heteroatoms. The van der Waals surface area contributed by atoms with Gasteiger partial charge in [0.25, 0.3) is 0 Å². The van der Waals surface area contributed by atoms with Gasteiger partial charge in [-0.25, -0.2) is 8.78 Å². The van der Waals surface area contributed by atoms with E-state index in [-0.39, 0.29) is 18.9 Å². The van der Waals surface area contributed by atoms with Crippen molar-refractivity contribution in [1.29, 1.82) is 0 Å². The fourth-order valence-electron chi connectivity index (χ4n) is 2.72. The second kappa shape index (κ2) is 4.57. The normalized spacial score (nSPS) is 32.8. The maximum absolute atomic E-state index is 13.1. The molecule has 1 N–H and O–H groups in total. The first-order chi connectivity index (χ1) is 7.55. The first-order valence-corrected chi connectivity index (χ1v) is 6.36. The summed E-state index contributed by atoms with van der Waals surface area (Å²) < 4.78 is 32.2. The molecule has 1 saturated heterocycles. The first-order valence-electron chi connectivity index (χ1n) is 6.36. The summed E-state index contributed by atoms with van der Waals surface area (Å²) in [7, 11) is 0. The van der Waals surface area contributed by atoms with Gasteiger partial charge in [-0.05, 0) is 25.7 Å². The van der Waals surface area contributed by atoms with Crippen LogP contribution in [-0.2, 0) is 4.74 Å². The van der Waals surface area contributed by atoms with Crippen molar-refractivity contribution in [2.24, 2.45) is 0 Å². The molecule has 94 valence electrons. The molecule has 0 bridgehead atoms. The van der Waals surface area contributed by atoms with E-state index >= 15 is 0 Å². The third-order valence-electron chi connectivity index (χ3n) is 3.71. The summed E-state index contributed by atoms with van der Waals surface area (Å²) in [6.07, 6.45) is 4.21. The molecule has 1 aliphatic carbocycles. The summed E-state index contributed by atoms with van der Waals surface area (Å²) in [6, 6.07) is 0. The van der Waals surface area contributed by atoms with Crippen molar-refractivity contribution in [1.82, 2.24) is 5.32 Å². The van der Waals surface area contributed by atoms with Gasteiger partial charge < -0.3 is 4.74 Å². The lowest BCUT2D eigenvalue weighted by molar-refractivity contribution is -0.191. The highest BCUT2D eigenvalue weighted by atomic mass is 19.3. The van der Waals surface area contributed by atoms with E-state index in [1.807, 2.05) is 0 Å². The Balaban J connectivity index is 1.93. The molecule has 16 heavy (non-hydrogen) atoms. The van der Waals surface area contributed by atoms with Gasteiger partial charge in [0.2, 0.25) is 5.92 Å². The first kappa shape index (κ1) is 12.2. The number of nitrogens with one attached hydrogen (secondary N) is 1. The number of hydrogen-bond donors (Lipinski definition) is 1. The lowest BCUT2D eigenvalue weighted by Crippen LogP contribution is -2.57. The van der Waals surface area contributed by atoms with E-state index in [1.54, 1.807) is 0 Å². The van der Waals surface area contributed by atoms with Crippen molar-refractivity contribution in [3.63, 3.8) is 0 Å². The molecule has 0 amide bonds. The van der Waals surface area contributed by atoms with E-state index in [9.17, 15) is 8.78 Å². The highest BCUT2D eigenvalue weighted by molar-refractivity contribution is 4.91. The molecule has 1 aliphatic heterocycles. The average molecular weight is 233 g/mol. The highest BCUT2D eigenvalue weighted by Gasteiger charge is 2.46. The van der Waals surface area contributed by atoms with Crippen molar-refractivity contribution < 1.29 is 13.5 Å². The lowest BCUT2D eigenvalue weighted by atomic mass is 9.87. The van der Waals surface area contributed by atoms with Gasteiger partial charge in [0, 0.05) is 19.4 Å². The van der Waals surface area contributed by atoms with E-state index in [0.29, 0.717) is 12.8 Å². The summed E-state index contributed by atoms with van der Waals surface area (Å²) >= 11 is 0. The quantitative estimate of drug-likeness (QED) is 0.791. The van der Waals surface area contributed by atoms with Crippen LogP contribution in [-0.4, -0.2) is 24.3 Å². The van der Waals surface area contributed by atoms with Crippen molar-refractivity contribution in [2.75, 3.05) is 6.54 Å². The van der Waals surface area contributed by atoms with E-state index < -0.39 is 11.6 Å². The largest absolute Gasteiger partial charge is 0.357 e. The van der Waals surface area contributed by atoms with Crippen molar-refractivity contribution in [3.8, 4) is 0 Å². The third-order valence-corrected chi connectivity index (χ3v) is 3.71. The Morgan fingerprint density at radius 2 is 1.94 bits per heavy atom. The summed E-state index contributed by atoms with van der Waals surface area (Å²) in [5.74, 6) is -2.48.